The van der Waals surface area contributed by atoms with Gasteiger partial charge in [0.25, 0.3) is 0 Å². The summed E-state index contributed by atoms with van der Waals surface area (Å²) in [6.07, 6.45) is 4.57. The van der Waals surface area contributed by atoms with Crippen LogP contribution in [0.15, 0.2) is 6.20 Å². The van der Waals surface area contributed by atoms with Gasteiger partial charge in [-0.3, -0.25) is 4.68 Å². The first-order valence-corrected chi connectivity index (χ1v) is 5.53. The molecule has 0 spiro atoms. The Morgan fingerprint density at radius 1 is 1.36 bits per heavy atom. The second kappa shape index (κ2) is 5.13. The van der Waals surface area contributed by atoms with E-state index in [0.717, 1.165) is 12.2 Å². The van der Waals surface area contributed by atoms with E-state index >= 15 is 0 Å². The van der Waals surface area contributed by atoms with Gasteiger partial charge in [0.05, 0.1) is 5.69 Å². The van der Waals surface area contributed by atoms with E-state index in [9.17, 15) is 0 Å². The second-order valence-electron chi connectivity index (χ2n) is 4.41. The summed E-state index contributed by atoms with van der Waals surface area (Å²) in [5, 5.41) is 8.27. The topological polar surface area (TPSA) is 30.7 Å². The molecular formula is C11H21N3. The molecule has 0 saturated carbocycles. The van der Waals surface area contributed by atoms with Crippen molar-refractivity contribution in [1.29, 1.82) is 0 Å². The minimum atomic E-state index is 0.477. The van der Waals surface area contributed by atoms with Crippen LogP contribution in [0.2, 0.25) is 0 Å². The van der Waals surface area contributed by atoms with E-state index in [2.05, 4.69) is 44.2 Å². The van der Waals surface area contributed by atoms with E-state index in [-0.39, 0.29) is 0 Å². The molecule has 1 unspecified atom stereocenters. The van der Waals surface area contributed by atoms with Crippen LogP contribution in [-0.4, -0.2) is 15.0 Å². The van der Waals surface area contributed by atoms with Gasteiger partial charge >= 0.3 is 0 Å². The molecule has 1 heterocycles. The molecule has 14 heavy (non-hydrogen) atoms. The van der Waals surface area contributed by atoms with Crippen molar-refractivity contribution in [3.63, 3.8) is 0 Å². The van der Waals surface area contributed by atoms with Crippen LogP contribution in [0.1, 0.15) is 52.1 Å². The third-order valence-electron chi connectivity index (χ3n) is 2.43. The first-order valence-electron chi connectivity index (χ1n) is 5.53. The standard InChI is InChI=1S/C11H21N3/c1-5-6-10(4)7-14-8-11(9(2)3)12-13-14/h8-10H,5-7H2,1-4H3. The summed E-state index contributed by atoms with van der Waals surface area (Å²) in [4.78, 5) is 0. The van der Waals surface area contributed by atoms with E-state index in [0.29, 0.717) is 11.8 Å². The molecule has 0 saturated heterocycles. The molecule has 0 fully saturated rings. The van der Waals surface area contributed by atoms with Crippen molar-refractivity contribution >= 4 is 0 Å². The summed E-state index contributed by atoms with van der Waals surface area (Å²) in [6, 6.07) is 0. The Bertz CT molecular complexity index is 265. The summed E-state index contributed by atoms with van der Waals surface area (Å²) >= 11 is 0. The summed E-state index contributed by atoms with van der Waals surface area (Å²) in [5.41, 5.74) is 1.09. The number of rotatable bonds is 5. The maximum Gasteiger partial charge on any atom is 0.0852 e. The molecule has 0 aliphatic heterocycles. The number of aromatic nitrogens is 3. The van der Waals surface area contributed by atoms with Gasteiger partial charge in [0, 0.05) is 12.7 Å². The number of hydrogen-bond donors (Lipinski definition) is 0. The molecule has 1 atom stereocenters. The van der Waals surface area contributed by atoms with Gasteiger partial charge < -0.3 is 0 Å². The lowest BCUT2D eigenvalue weighted by molar-refractivity contribution is 0.414. The average Bonchev–Trinajstić information content (AvgIpc) is 2.53. The van der Waals surface area contributed by atoms with Gasteiger partial charge in [-0.15, -0.1) is 5.10 Å². The lowest BCUT2D eigenvalue weighted by Crippen LogP contribution is -2.07. The Hall–Kier alpha value is -0.860. The minimum Gasteiger partial charge on any atom is -0.252 e. The Morgan fingerprint density at radius 3 is 2.57 bits per heavy atom. The molecule has 0 aromatic carbocycles. The quantitative estimate of drug-likeness (QED) is 0.723. The van der Waals surface area contributed by atoms with Crippen LogP contribution in [0.3, 0.4) is 0 Å². The van der Waals surface area contributed by atoms with Crippen LogP contribution in [0.25, 0.3) is 0 Å². The molecule has 0 bridgehead atoms. The molecule has 80 valence electrons. The van der Waals surface area contributed by atoms with Gasteiger partial charge in [0.15, 0.2) is 0 Å². The fraction of sp³-hybridized carbons (Fsp3) is 0.818. The van der Waals surface area contributed by atoms with Crippen molar-refractivity contribution in [2.24, 2.45) is 5.92 Å². The molecule has 0 amide bonds. The maximum absolute atomic E-state index is 4.14. The normalized spacial score (nSPS) is 13.5. The fourth-order valence-electron chi connectivity index (χ4n) is 1.57. The average molecular weight is 195 g/mol. The minimum absolute atomic E-state index is 0.477. The van der Waals surface area contributed by atoms with Crippen molar-refractivity contribution in [3.05, 3.63) is 11.9 Å². The third kappa shape index (κ3) is 3.13. The van der Waals surface area contributed by atoms with Crippen LogP contribution in [0.5, 0.6) is 0 Å². The smallest absolute Gasteiger partial charge is 0.0852 e. The number of hydrogen-bond acceptors (Lipinski definition) is 2. The highest BCUT2D eigenvalue weighted by atomic mass is 15.4. The van der Waals surface area contributed by atoms with Crippen molar-refractivity contribution in [3.8, 4) is 0 Å². The SMILES string of the molecule is CCCC(C)Cn1cc(C(C)C)nn1. The van der Waals surface area contributed by atoms with Crippen LogP contribution < -0.4 is 0 Å². The predicted octanol–water partition coefficient (Wildman–Crippen LogP) is 2.84. The van der Waals surface area contributed by atoms with E-state index in [1.54, 1.807) is 0 Å². The van der Waals surface area contributed by atoms with Gasteiger partial charge in [-0.2, -0.15) is 0 Å². The van der Waals surface area contributed by atoms with Crippen molar-refractivity contribution in [1.82, 2.24) is 15.0 Å². The van der Waals surface area contributed by atoms with Crippen LogP contribution >= 0.6 is 0 Å². The summed E-state index contributed by atoms with van der Waals surface area (Å²) in [7, 11) is 0. The Labute approximate surface area is 86.5 Å². The predicted molar refractivity (Wildman–Crippen MR) is 58.2 cm³/mol. The maximum atomic E-state index is 4.14. The van der Waals surface area contributed by atoms with Gasteiger partial charge in [-0.1, -0.05) is 39.3 Å². The van der Waals surface area contributed by atoms with E-state index in [4.69, 9.17) is 0 Å². The van der Waals surface area contributed by atoms with Crippen LogP contribution in [0.4, 0.5) is 0 Å². The molecule has 1 rings (SSSR count). The molecular weight excluding hydrogens is 174 g/mol. The Morgan fingerprint density at radius 2 is 2.07 bits per heavy atom. The molecule has 0 radical (unpaired) electrons. The summed E-state index contributed by atoms with van der Waals surface area (Å²) < 4.78 is 1.97. The zero-order chi connectivity index (χ0) is 10.6. The Balaban J connectivity index is 2.51. The molecule has 0 aliphatic rings. The second-order valence-corrected chi connectivity index (χ2v) is 4.41. The lowest BCUT2D eigenvalue weighted by atomic mass is 10.1. The first-order chi connectivity index (χ1) is 6.63. The monoisotopic (exact) mass is 195 g/mol. The van der Waals surface area contributed by atoms with E-state index in [1.807, 2.05) is 4.68 Å². The van der Waals surface area contributed by atoms with Gasteiger partial charge in [-0.25, -0.2) is 0 Å². The molecule has 3 nitrogen and oxygen atoms in total. The number of nitrogens with zero attached hydrogens (tertiary/aromatic N) is 3. The van der Waals surface area contributed by atoms with E-state index in [1.165, 1.54) is 12.8 Å². The molecule has 1 aromatic heterocycles. The molecule has 0 N–H and O–H groups in total. The highest BCUT2D eigenvalue weighted by Gasteiger charge is 2.07. The van der Waals surface area contributed by atoms with Crippen molar-refractivity contribution in [2.75, 3.05) is 0 Å². The third-order valence-corrected chi connectivity index (χ3v) is 2.43. The molecule has 3 heteroatoms. The first kappa shape index (κ1) is 11.2. The van der Waals surface area contributed by atoms with Crippen LogP contribution in [-0.2, 0) is 6.54 Å². The van der Waals surface area contributed by atoms with E-state index < -0.39 is 0 Å². The highest BCUT2D eigenvalue weighted by molar-refractivity contribution is 4.98. The zero-order valence-corrected chi connectivity index (χ0v) is 9.70. The van der Waals surface area contributed by atoms with Crippen LogP contribution in [0, 0.1) is 5.92 Å². The van der Waals surface area contributed by atoms with Gasteiger partial charge in [0.2, 0.25) is 0 Å². The van der Waals surface area contributed by atoms with Gasteiger partial charge in [0.1, 0.15) is 0 Å². The Kier molecular flexibility index (Phi) is 4.11. The van der Waals surface area contributed by atoms with Crippen molar-refractivity contribution in [2.45, 2.75) is 53.0 Å². The molecule has 1 aromatic rings. The summed E-state index contributed by atoms with van der Waals surface area (Å²) in [5.74, 6) is 1.17. The van der Waals surface area contributed by atoms with Crippen molar-refractivity contribution < 1.29 is 0 Å². The molecule has 0 aliphatic carbocycles. The zero-order valence-electron chi connectivity index (χ0n) is 9.70. The summed E-state index contributed by atoms with van der Waals surface area (Å²) in [6.45, 7) is 9.76. The van der Waals surface area contributed by atoms with Gasteiger partial charge in [-0.05, 0) is 18.3 Å². The fourth-order valence-corrected chi connectivity index (χ4v) is 1.57. The highest BCUT2D eigenvalue weighted by Crippen LogP contribution is 2.12. The largest absolute Gasteiger partial charge is 0.252 e. The lowest BCUT2D eigenvalue weighted by Gasteiger charge is -2.08.